The monoisotopic (exact) mass is 285 g/mol. The van der Waals surface area contributed by atoms with Crippen LogP contribution in [-0.2, 0) is 6.42 Å². The predicted molar refractivity (Wildman–Crippen MR) is 79.3 cm³/mol. The highest BCUT2D eigenvalue weighted by molar-refractivity contribution is 6.33. The Morgan fingerprint density at radius 1 is 1.11 bits per heavy atom. The third kappa shape index (κ3) is 3.40. The van der Waals surface area contributed by atoms with E-state index < -0.39 is 0 Å². The predicted octanol–water partition coefficient (Wildman–Crippen LogP) is 4.83. The molecule has 100 valence electrons. The summed E-state index contributed by atoms with van der Waals surface area (Å²) in [4.78, 5) is 0. The minimum absolute atomic E-state index is 0.121. The van der Waals surface area contributed by atoms with Gasteiger partial charge in [0.25, 0.3) is 0 Å². The summed E-state index contributed by atoms with van der Waals surface area (Å²) in [6, 6.07) is 5.62. The molecule has 0 aromatic heterocycles. The van der Waals surface area contributed by atoms with Crippen LogP contribution in [0.1, 0.15) is 45.1 Å². The number of hydrogen-bond acceptors (Lipinski definition) is 1. The summed E-state index contributed by atoms with van der Waals surface area (Å²) in [7, 11) is 0. The Bertz CT molecular complexity index is 430. The average molecular weight is 286 g/mol. The lowest BCUT2D eigenvalue weighted by Crippen LogP contribution is -2.46. The third-order valence-electron chi connectivity index (χ3n) is 4.15. The van der Waals surface area contributed by atoms with Crippen LogP contribution in [0.15, 0.2) is 18.2 Å². The van der Waals surface area contributed by atoms with Gasteiger partial charge in [-0.25, -0.2) is 0 Å². The van der Waals surface area contributed by atoms with Gasteiger partial charge < -0.3 is 5.73 Å². The first-order valence-electron chi connectivity index (χ1n) is 6.53. The summed E-state index contributed by atoms with van der Waals surface area (Å²) in [6.07, 6.45) is 5.30. The van der Waals surface area contributed by atoms with Gasteiger partial charge in [-0.3, -0.25) is 0 Å². The van der Waals surface area contributed by atoms with Gasteiger partial charge in [-0.2, -0.15) is 0 Å². The smallest absolute Gasteiger partial charge is 0.0439 e. The first kappa shape index (κ1) is 14.2. The van der Waals surface area contributed by atoms with Gasteiger partial charge in [0.05, 0.1) is 0 Å². The molecule has 0 heterocycles. The first-order chi connectivity index (χ1) is 8.30. The zero-order valence-corrected chi connectivity index (χ0v) is 12.6. The normalized spacial score (nSPS) is 21.8. The van der Waals surface area contributed by atoms with Crippen molar-refractivity contribution in [3.63, 3.8) is 0 Å². The Hall–Kier alpha value is -0.240. The molecule has 1 aliphatic rings. The van der Waals surface area contributed by atoms with Crippen LogP contribution in [0.4, 0.5) is 0 Å². The molecule has 0 amide bonds. The number of hydrogen-bond donors (Lipinski definition) is 1. The maximum Gasteiger partial charge on any atom is 0.0439 e. The van der Waals surface area contributed by atoms with E-state index >= 15 is 0 Å². The van der Waals surface area contributed by atoms with Crippen LogP contribution >= 0.6 is 23.2 Å². The van der Waals surface area contributed by atoms with E-state index in [-0.39, 0.29) is 5.54 Å². The van der Waals surface area contributed by atoms with Crippen LogP contribution < -0.4 is 5.73 Å². The van der Waals surface area contributed by atoms with Crippen molar-refractivity contribution in [3.8, 4) is 0 Å². The molecule has 1 aliphatic carbocycles. The summed E-state index contributed by atoms with van der Waals surface area (Å²) in [5.41, 5.74) is 7.92. The Labute approximate surface area is 120 Å². The van der Waals surface area contributed by atoms with Gasteiger partial charge in [-0.05, 0) is 61.3 Å². The largest absolute Gasteiger partial charge is 0.325 e. The summed E-state index contributed by atoms with van der Waals surface area (Å²) in [5, 5.41) is 1.50. The van der Waals surface area contributed by atoms with Gasteiger partial charge in [0.15, 0.2) is 0 Å². The van der Waals surface area contributed by atoms with E-state index in [0.717, 1.165) is 34.9 Å². The number of rotatable bonds is 2. The molecule has 0 spiro atoms. The van der Waals surface area contributed by atoms with E-state index in [1.54, 1.807) is 0 Å². The van der Waals surface area contributed by atoms with Crippen LogP contribution in [0.2, 0.25) is 10.0 Å². The molecule has 0 aliphatic heterocycles. The van der Waals surface area contributed by atoms with Crippen molar-refractivity contribution in [3.05, 3.63) is 33.8 Å². The average Bonchev–Trinajstić information content (AvgIpc) is 2.29. The second kappa shape index (κ2) is 5.03. The van der Waals surface area contributed by atoms with E-state index in [4.69, 9.17) is 28.9 Å². The summed E-state index contributed by atoms with van der Waals surface area (Å²) >= 11 is 12.2. The Balaban J connectivity index is 2.11. The maximum absolute atomic E-state index is 6.53. The molecule has 1 saturated carbocycles. The molecule has 1 aromatic carbocycles. The molecule has 0 bridgehead atoms. The lowest BCUT2D eigenvalue weighted by molar-refractivity contribution is 0.164. The molecular weight excluding hydrogens is 265 g/mol. The maximum atomic E-state index is 6.53. The third-order valence-corrected chi connectivity index (χ3v) is 4.75. The molecule has 18 heavy (non-hydrogen) atoms. The fourth-order valence-electron chi connectivity index (χ4n) is 2.66. The Morgan fingerprint density at radius 3 is 2.33 bits per heavy atom. The van der Waals surface area contributed by atoms with Crippen molar-refractivity contribution in [2.24, 2.45) is 11.1 Å². The fourth-order valence-corrected chi connectivity index (χ4v) is 3.04. The highest BCUT2D eigenvalue weighted by Gasteiger charge is 2.35. The zero-order valence-electron chi connectivity index (χ0n) is 11.1. The van der Waals surface area contributed by atoms with Gasteiger partial charge in [0.1, 0.15) is 0 Å². The number of benzene rings is 1. The quantitative estimate of drug-likeness (QED) is 0.827. The molecule has 0 unspecified atom stereocenters. The Kier molecular flexibility index (Phi) is 3.96. The van der Waals surface area contributed by atoms with Crippen LogP contribution in [0, 0.1) is 5.41 Å². The molecule has 2 N–H and O–H groups in total. The number of halogens is 2. The minimum atomic E-state index is -0.121. The summed E-state index contributed by atoms with van der Waals surface area (Å²) in [5.74, 6) is 0. The van der Waals surface area contributed by atoms with Gasteiger partial charge in [-0.1, -0.05) is 37.0 Å². The summed E-state index contributed by atoms with van der Waals surface area (Å²) < 4.78 is 0. The Morgan fingerprint density at radius 2 is 1.72 bits per heavy atom. The van der Waals surface area contributed by atoms with Crippen molar-refractivity contribution in [2.45, 2.75) is 51.5 Å². The molecule has 0 radical (unpaired) electrons. The van der Waals surface area contributed by atoms with Crippen molar-refractivity contribution < 1.29 is 0 Å². The SMILES string of the molecule is CC1(C)CCC(N)(Cc2cc(Cl)ccc2Cl)CC1. The van der Waals surface area contributed by atoms with E-state index in [0.29, 0.717) is 5.41 Å². The van der Waals surface area contributed by atoms with E-state index in [2.05, 4.69) is 13.8 Å². The fraction of sp³-hybridized carbons (Fsp3) is 0.600. The van der Waals surface area contributed by atoms with Gasteiger partial charge in [-0.15, -0.1) is 0 Å². The molecule has 1 aromatic rings. The van der Waals surface area contributed by atoms with E-state index in [9.17, 15) is 0 Å². The van der Waals surface area contributed by atoms with Gasteiger partial charge in [0.2, 0.25) is 0 Å². The molecule has 1 nitrogen and oxygen atoms in total. The highest BCUT2D eigenvalue weighted by Crippen LogP contribution is 2.41. The van der Waals surface area contributed by atoms with E-state index in [1.165, 1.54) is 12.8 Å². The summed E-state index contributed by atoms with van der Waals surface area (Å²) in [6.45, 7) is 4.64. The minimum Gasteiger partial charge on any atom is -0.325 e. The topological polar surface area (TPSA) is 26.0 Å². The standard InChI is InChI=1S/C15H21Cl2N/c1-14(2)5-7-15(18,8-6-14)10-11-9-12(16)3-4-13(11)17/h3-4,9H,5-8,10,18H2,1-2H3. The van der Waals surface area contributed by atoms with Crippen molar-refractivity contribution in [2.75, 3.05) is 0 Å². The second-order valence-electron chi connectivity index (χ2n) is 6.44. The zero-order chi connectivity index (χ0) is 13.4. The lowest BCUT2D eigenvalue weighted by Gasteiger charge is -2.41. The molecule has 1 fully saturated rings. The van der Waals surface area contributed by atoms with Gasteiger partial charge >= 0.3 is 0 Å². The van der Waals surface area contributed by atoms with Crippen LogP contribution in [0.3, 0.4) is 0 Å². The lowest BCUT2D eigenvalue weighted by atomic mass is 9.68. The van der Waals surface area contributed by atoms with Crippen molar-refractivity contribution in [1.29, 1.82) is 0 Å². The van der Waals surface area contributed by atoms with Crippen LogP contribution in [-0.4, -0.2) is 5.54 Å². The highest BCUT2D eigenvalue weighted by atomic mass is 35.5. The van der Waals surface area contributed by atoms with Crippen molar-refractivity contribution >= 4 is 23.2 Å². The van der Waals surface area contributed by atoms with Crippen LogP contribution in [0.25, 0.3) is 0 Å². The second-order valence-corrected chi connectivity index (χ2v) is 7.28. The van der Waals surface area contributed by atoms with Crippen molar-refractivity contribution in [1.82, 2.24) is 0 Å². The molecule has 3 heteroatoms. The number of nitrogens with two attached hydrogens (primary N) is 1. The molecule has 2 rings (SSSR count). The molecule has 0 saturated heterocycles. The van der Waals surface area contributed by atoms with E-state index in [1.807, 2.05) is 18.2 Å². The first-order valence-corrected chi connectivity index (χ1v) is 7.28. The van der Waals surface area contributed by atoms with Gasteiger partial charge in [0, 0.05) is 15.6 Å². The molecule has 0 atom stereocenters. The molecular formula is C15H21Cl2N. The van der Waals surface area contributed by atoms with Crippen LogP contribution in [0.5, 0.6) is 0 Å².